The van der Waals surface area contributed by atoms with Crippen LogP contribution in [-0.4, -0.2) is 40.9 Å². The summed E-state index contributed by atoms with van der Waals surface area (Å²) in [6, 6.07) is 4.86. The number of pyridine rings is 1. The van der Waals surface area contributed by atoms with Crippen molar-refractivity contribution in [3.8, 4) is 11.3 Å². The number of aromatic nitrogens is 3. The molecule has 1 fully saturated rings. The summed E-state index contributed by atoms with van der Waals surface area (Å²) in [6.45, 7) is 9.81. The number of nitrogens with one attached hydrogen (secondary N) is 2. The summed E-state index contributed by atoms with van der Waals surface area (Å²) in [5, 5.41) is 10.5. The normalized spacial score (nSPS) is 18.9. The Bertz CT molecular complexity index is 606. The van der Waals surface area contributed by atoms with E-state index in [4.69, 9.17) is 4.98 Å². The van der Waals surface area contributed by atoms with E-state index < -0.39 is 0 Å². The summed E-state index contributed by atoms with van der Waals surface area (Å²) in [7, 11) is 0. The molecule has 1 atom stereocenters. The molecule has 22 heavy (non-hydrogen) atoms. The number of piperazine rings is 1. The minimum Gasteiger partial charge on any atom is -0.367 e. The van der Waals surface area contributed by atoms with E-state index >= 15 is 0 Å². The molecule has 1 saturated heterocycles. The van der Waals surface area contributed by atoms with Gasteiger partial charge in [-0.2, -0.15) is 5.10 Å². The Labute approximate surface area is 132 Å². The molecule has 118 valence electrons. The highest BCUT2D eigenvalue weighted by Gasteiger charge is 2.21. The lowest BCUT2D eigenvalue weighted by molar-refractivity contribution is 0.388. The fraction of sp³-hybridized carbons (Fsp3) is 0.529. The number of rotatable bonds is 4. The van der Waals surface area contributed by atoms with Gasteiger partial charge in [0.1, 0.15) is 0 Å². The summed E-state index contributed by atoms with van der Waals surface area (Å²) in [6.07, 6.45) is 4.91. The molecule has 0 aromatic carbocycles. The molecule has 3 rings (SSSR count). The predicted octanol–water partition coefficient (Wildman–Crippen LogP) is 2.60. The van der Waals surface area contributed by atoms with E-state index in [-0.39, 0.29) is 0 Å². The first-order valence-electron chi connectivity index (χ1n) is 8.08. The largest absolute Gasteiger partial charge is 0.367 e. The van der Waals surface area contributed by atoms with Crippen molar-refractivity contribution in [2.45, 2.75) is 33.2 Å². The Morgan fingerprint density at radius 2 is 2.23 bits per heavy atom. The van der Waals surface area contributed by atoms with Crippen LogP contribution in [0.2, 0.25) is 0 Å². The standard InChI is InChI=1S/C17H25N5/c1-12(2)8-15-11-22(7-6-18-15)17-5-4-16(21-13(17)3)14-9-19-20-10-14/h4-5,9-10,12,15,18H,6-8,11H2,1-3H3,(H,19,20). The SMILES string of the molecule is Cc1nc(-c2cn[nH]c2)ccc1N1CCNC(CC(C)C)C1. The summed E-state index contributed by atoms with van der Waals surface area (Å²) < 4.78 is 0. The molecule has 3 heterocycles. The molecule has 2 N–H and O–H groups in total. The van der Waals surface area contributed by atoms with Crippen LogP contribution in [0.3, 0.4) is 0 Å². The third-order valence-electron chi connectivity index (χ3n) is 4.20. The first-order valence-corrected chi connectivity index (χ1v) is 8.08. The average molecular weight is 299 g/mol. The van der Waals surface area contributed by atoms with Crippen LogP contribution < -0.4 is 10.2 Å². The van der Waals surface area contributed by atoms with Gasteiger partial charge in [0.05, 0.1) is 23.3 Å². The second-order valence-electron chi connectivity index (χ2n) is 6.51. The second kappa shape index (κ2) is 6.48. The molecular weight excluding hydrogens is 274 g/mol. The van der Waals surface area contributed by atoms with Crippen molar-refractivity contribution in [2.24, 2.45) is 5.92 Å². The molecule has 1 aliphatic heterocycles. The second-order valence-corrected chi connectivity index (χ2v) is 6.51. The molecule has 0 amide bonds. The number of hydrogen-bond donors (Lipinski definition) is 2. The van der Waals surface area contributed by atoms with E-state index in [1.54, 1.807) is 0 Å². The maximum atomic E-state index is 4.75. The summed E-state index contributed by atoms with van der Waals surface area (Å²) in [4.78, 5) is 7.22. The molecule has 2 aromatic heterocycles. The van der Waals surface area contributed by atoms with Gasteiger partial charge >= 0.3 is 0 Å². The van der Waals surface area contributed by atoms with Crippen LogP contribution in [0.5, 0.6) is 0 Å². The highest BCUT2D eigenvalue weighted by atomic mass is 15.2. The minimum atomic E-state index is 0.571. The van der Waals surface area contributed by atoms with E-state index in [9.17, 15) is 0 Å². The molecule has 5 nitrogen and oxygen atoms in total. The van der Waals surface area contributed by atoms with Crippen LogP contribution >= 0.6 is 0 Å². The number of nitrogens with zero attached hydrogens (tertiary/aromatic N) is 3. The van der Waals surface area contributed by atoms with Gasteiger partial charge in [0.25, 0.3) is 0 Å². The van der Waals surface area contributed by atoms with Gasteiger partial charge in [0, 0.05) is 37.4 Å². The zero-order valence-corrected chi connectivity index (χ0v) is 13.6. The van der Waals surface area contributed by atoms with Crippen LogP contribution in [0.1, 0.15) is 26.0 Å². The van der Waals surface area contributed by atoms with E-state index in [2.05, 4.69) is 53.3 Å². The molecule has 1 unspecified atom stereocenters. The number of anilines is 1. The summed E-state index contributed by atoms with van der Waals surface area (Å²) in [5.74, 6) is 0.722. The molecule has 0 spiro atoms. The predicted molar refractivity (Wildman–Crippen MR) is 90.0 cm³/mol. The number of hydrogen-bond acceptors (Lipinski definition) is 4. The summed E-state index contributed by atoms with van der Waals surface area (Å²) >= 11 is 0. The monoisotopic (exact) mass is 299 g/mol. The molecule has 2 aromatic rings. The zero-order chi connectivity index (χ0) is 15.5. The lowest BCUT2D eigenvalue weighted by Gasteiger charge is -2.36. The average Bonchev–Trinajstić information content (AvgIpc) is 3.01. The first-order chi connectivity index (χ1) is 10.6. The Kier molecular flexibility index (Phi) is 4.43. The van der Waals surface area contributed by atoms with Gasteiger partial charge < -0.3 is 10.2 Å². The number of aromatic amines is 1. The van der Waals surface area contributed by atoms with E-state index in [1.165, 1.54) is 12.1 Å². The van der Waals surface area contributed by atoms with Crippen molar-refractivity contribution in [3.05, 3.63) is 30.2 Å². The van der Waals surface area contributed by atoms with Gasteiger partial charge in [-0.25, -0.2) is 0 Å². The van der Waals surface area contributed by atoms with Crippen molar-refractivity contribution in [3.63, 3.8) is 0 Å². The van der Waals surface area contributed by atoms with Gasteiger partial charge in [-0.15, -0.1) is 0 Å². The van der Waals surface area contributed by atoms with Crippen molar-refractivity contribution in [2.75, 3.05) is 24.5 Å². The van der Waals surface area contributed by atoms with Crippen molar-refractivity contribution < 1.29 is 0 Å². The van der Waals surface area contributed by atoms with Gasteiger partial charge in [0.15, 0.2) is 0 Å². The Morgan fingerprint density at radius 1 is 1.36 bits per heavy atom. The van der Waals surface area contributed by atoms with Crippen LogP contribution in [0.15, 0.2) is 24.5 Å². The highest BCUT2D eigenvalue weighted by molar-refractivity contribution is 5.62. The Morgan fingerprint density at radius 3 is 2.91 bits per heavy atom. The smallest absolute Gasteiger partial charge is 0.0738 e. The molecule has 0 bridgehead atoms. The first kappa shape index (κ1) is 15.0. The number of aryl methyl sites for hydroxylation is 1. The van der Waals surface area contributed by atoms with Crippen molar-refractivity contribution in [1.82, 2.24) is 20.5 Å². The topological polar surface area (TPSA) is 56.8 Å². The maximum Gasteiger partial charge on any atom is 0.0738 e. The fourth-order valence-corrected chi connectivity index (χ4v) is 3.21. The van der Waals surface area contributed by atoms with E-state index in [0.29, 0.717) is 6.04 Å². The minimum absolute atomic E-state index is 0.571. The Balaban J connectivity index is 1.77. The molecule has 5 heteroatoms. The Hall–Kier alpha value is -1.88. The van der Waals surface area contributed by atoms with E-state index in [0.717, 1.165) is 42.5 Å². The highest BCUT2D eigenvalue weighted by Crippen LogP contribution is 2.25. The van der Waals surface area contributed by atoms with Crippen LogP contribution in [0.25, 0.3) is 11.3 Å². The van der Waals surface area contributed by atoms with Crippen molar-refractivity contribution in [1.29, 1.82) is 0 Å². The quantitative estimate of drug-likeness (QED) is 0.911. The van der Waals surface area contributed by atoms with Gasteiger partial charge in [-0.3, -0.25) is 10.1 Å². The van der Waals surface area contributed by atoms with Crippen LogP contribution in [-0.2, 0) is 0 Å². The van der Waals surface area contributed by atoms with Crippen LogP contribution in [0, 0.1) is 12.8 Å². The van der Waals surface area contributed by atoms with Gasteiger partial charge in [-0.1, -0.05) is 13.8 Å². The van der Waals surface area contributed by atoms with Crippen LogP contribution in [0.4, 0.5) is 5.69 Å². The third-order valence-corrected chi connectivity index (χ3v) is 4.20. The number of H-pyrrole nitrogens is 1. The zero-order valence-electron chi connectivity index (χ0n) is 13.6. The third kappa shape index (κ3) is 3.30. The van der Waals surface area contributed by atoms with E-state index in [1.807, 2.05) is 12.4 Å². The lowest BCUT2D eigenvalue weighted by atomic mass is 10.0. The maximum absolute atomic E-state index is 4.75. The van der Waals surface area contributed by atoms with Crippen molar-refractivity contribution >= 4 is 5.69 Å². The fourth-order valence-electron chi connectivity index (χ4n) is 3.21. The molecule has 0 radical (unpaired) electrons. The molecule has 0 aliphatic carbocycles. The lowest BCUT2D eigenvalue weighted by Crippen LogP contribution is -2.51. The summed E-state index contributed by atoms with van der Waals surface area (Å²) in [5.41, 5.74) is 4.35. The van der Waals surface area contributed by atoms with Gasteiger partial charge in [-0.05, 0) is 31.4 Å². The molecular formula is C17H25N5. The van der Waals surface area contributed by atoms with Gasteiger partial charge in [0.2, 0.25) is 0 Å². The molecule has 1 aliphatic rings. The molecule has 0 saturated carbocycles.